The third-order valence-corrected chi connectivity index (χ3v) is 6.05. The van der Waals surface area contributed by atoms with Crippen LogP contribution in [0.25, 0.3) is 0 Å². The van der Waals surface area contributed by atoms with E-state index in [0.717, 1.165) is 30.8 Å². The van der Waals surface area contributed by atoms with E-state index >= 15 is 0 Å². The van der Waals surface area contributed by atoms with E-state index in [-0.39, 0.29) is 12.5 Å². The quantitative estimate of drug-likeness (QED) is 0.552. The predicted molar refractivity (Wildman–Crippen MR) is 120 cm³/mol. The Labute approximate surface area is 183 Å². The molecule has 162 valence electrons. The van der Waals surface area contributed by atoms with Crippen LogP contribution >= 0.6 is 0 Å². The van der Waals surface area contributed by atoms with Gasteiger partial charge in [0.1, 0.15) is 6.54 Å². The first kappa shape index (κ1) is 21.1. The largest absolute Gasteiger partial charge is 0.372 e. The monoisotopic (exact) mass is 419 g/mol. The second-order valence-electron chi connectivity index (χ2n) is 8.26. The van der Waals surface area contributed by atoms with Crippen LogP contribution in [0, 0.1) is 0 Å². The van der Waals surface area contributed by atoms with Gasteiger partial charge in [-0.2, -0.15) is 0 Å². The van der Waals surface area contributed by atoms with E-state index in [9.17, 15) is 14.4 Å². The highest BCUT2D eigenvalue weighted by Crippen LogP contribution is 2.22. The van der Waals surface area contributed by atoms with Gasteiger partial charge in [-0.05, 0) is 55.5 Å². The van der Waals surface area contributed by atoms with Crippen LogP contribution in [-0.4, -0.2) is 48.8 Å². The fourth-order valence-electron chi connectivity index (χ4n) is 4.30. The second-order valence-corrected chi connectivity index (χ2v) is 8.26. The van der Waals surface area contributed by atoms with Gasteiger partial charge < -0.3 is 10.2 Å². The van der Waals surface area contributed by atoms with Crippen molar-refractivity contribution < 1.29 is 14.4 Å². The lowest BCUT2D eigenvalue weighted by atomic mass is 10.1. The topological polar surface area (TPSA) is 69.7 Å². The Hall–Kier alpha value is -3.15. The van der Waals surface area contributed by atoms with Gasteiger partial charge in [-0.15, -0.1) is 0 Å². The molecule has 0 spiro atoms. The summed E-state index contributed by atoms with van der Waals surface area (Å²) < 4.78 is 0. The SMILES string of the molecule is O=C(CN1C(=O)c2ccccc2C1=O)NCCCc1ccc(N2CCCCCC2)cc1. The molecule has 2 aliphatic rings. The first-order valence-electron chi connectivity index (χ1n) is 11.2. The van der Waals surface area contributed by atoms with Gasteiger partial charge in [0.15, 0.2) is 0 Å². The van der Waals surface area contributed by atoms with Gasteiger partial charge in [0.25, 0.3) is 11.8 Å². The summed E-state index contributed by atoms with van der Waals surface area (Å²) in [4.78, 5) is 40.4. The number of aryl methyl sites for hydroxylation is 1. The number of carbonyl (C=O) groups excluding carboxylic acids is 3. The van der Waals surface area contributed by atoms with Gasteiger partial charge in [0, 0.05) is 25.3 Å². The number of amides is 3. The molecule has 1 fully saturated rings. The number of carbonyl (C=O) groups is 3. The zero-order valence-corrected chi connectivity index (χ0v) is 17.8. The lowest BCUT2D eigenvalue weighted by Gasteiger charge is -2.22. The van der Waals surface area contributed by atoms with Crippen molar-refractivity contribution in [3.05, 3.63) is 65.2 Å². The van der Waals surface area contributed by atoms with Gasteiger partial charge >= 0.3 is 0 Å². The number of anilines is 1. The summed E-state index contributed by atoms with van der Waals surface area (Å²) in [5, 5.41) is 2.82. The fourth-order valence-corrected chi connectivity index (χ4v) is 4.30. The molecular formula is C25H29N3O3. The number of imide groups is 1. The molecule has 2 aromatic carbocycles. The molecule has 0 unspecified atom stereocenters. The van der Waals surface area contributed by atoms with Crippen molar-refractivity contribution in [2.45, 2.75) is 38.5 Å². The van der Waals surface area contributed by atoms with Crippen molar-refractivity contribution in [3.8, 4) is 0 Å². The Bertz CT molecular complexity index is 912. The molecule has 0 aliphatic carbocycles. The van der Waals surface area contributed by atoms with Crippen LogP contribution in [0.15, 0.2) is 48.5 Å². The third-order valence-electron chi connectivity index (χ3n) is 6.05. The van der Waals surface area contributed by atoms with E-state index in [1.165, 1.54) is 36.9 Å². The Morgan fingerprint density at radius 3 is 2.06 bits per heavy atom. The first-order valence-corrected chi connectivity index (χ1v) is 11.2. The summed E-state index contributed by atoms with van der Waals surface area (Å²) in [6.45, 7) is 2.55. The molecule has 0 radical (unpaired) electrons. The molecule has 3 amide bonds. The smallest absolute Gasteiger partial charge is 0.262 e. The maximum Gasteiger partial charge on any atom is 0.262 e. The van der Waals surface area contributed by atoms with Crippen molar-refractivity contribution in [2.75, 3.05) is 31.1 Å². The number of nitrogens with one attached hydrogen (secondary N) is 1. The highest BCUT2D eigenvalue weighted by atomic mass is 16.2. The van der Waals surface area contributed by atoms with E-state index in [0.29, 0.717) is 17.7 Å². The normalized spacial score (nSPS) is 16.3. The molecule has 0 bridgehead atoms. The van der Waals surface area contributed by atoms with Gasteiger partial charge in [-0.25, -0.2) is 0 Å². The van der Waals surface area contributed by atoms with E-state index < -0.39 is 11.8 Å². The maximum absolute atomic E-state index is 12.3. The third kappa shape index (κ3) is 4.95. The average molecular weight is 420 g/mol. The number of benzene rings is 2. The number of hydrogen-bond donors (Lipinski definition) is 1. The summed E-state index contributed by atoms with van der Waals surface area (Å²) in [5.74, 6) is -1.12. The van der Waals surface area contributed by atoms with Gasteiger partial charge in [-0.1, -0.05) is 37.1 Å². The molecule has 2 aromatic rings. The summed E-state index contributed by atoms with van der Waals surface area (Å²) in [6.07, 6.45) is 6.86. The minimum absolute atomic E-state index is 0.239. The first-order chi connectivity index (χ1) is 15.1. The lowest BCUT2D eigenvalue weighted by molar-refractivity contribution is -0.121. The van der Waals surface area contributed by atoms with E-state index in [2.05, 4.69) is 34.5 Å². The zero-order chi connectivity index (χ0) is 21.6. The molecule has 6 nitrogen and oxygen atoms in total. The highest BCUT2D eigenvalue weighted by molar-refractivity contribution is 6.22. The number of rotatable bonds is 7. The van der Waals surface area contributed by atoms with Crippen LogP contribution < -0.4 is 10.2 Å². The molecule has 31 heavy (non-hydrogen) atoms. The molecule has 2 aliphatic heterocycles. The summed E-state index contributed by atoms with van der Waals surface area (Å²) in [6, 6.07) is 15.4. The molecule has 0 saturated carbocycles. The number of nitrogens with zero attached hydrogens (tertiary/aromatic N) is 2. The lowest BCUT2D eigenvalue weighted by Crippen LogP contribution is -2.40. The molecule has 1 N–H and O–H groups in total. The molecule has 4 rings (SSSR count). The van der Waals surface area contributed by atoms with E-state index in [1.54, 1.807) is 24.3 Å². The summed E-state index contributed by atoms with van der Waals surface area (Å²) >= 11 is 0. The summed E-state index contributed by atoms with van der Waals surface area (Å²) in [7, 11) is 0. The average Bonchev–Trinajstić information content (AvgIpc) is 2.99. The molecular weight excluding hydrogens is 390 g/mol. The molecule has 0 aromatic heterocycles. The molecule has 6 heteroatoms. The second kappa shape index (κ2) is 9.77. The zero-order valence-electron chi connectivity index (χ0n) is 17.8. The minimum Gasteiger partial charge on any atom is -0.372 e. The van der Waals surface area contributed by atoms with Gasteiger partial charge in [-0.3, -0.25) is 19.3 Å². The predicted octanol–water partition coefficient (Wildman–Crippen LogP) is 3.41. The van der Waals surface area contributed by atoms with Crippen molar-refractivity contribution in [3.63, 3.8) is 0 Å². The molecule has 1 saturated heterocycles. The van der Waals surface area contributed by atoms with Gasteiger partial charge in [0.2, 0.25) is 5.91 Å². The number of fused-ring (bicyclic) bond motifs is 1. The van der Waals surface area contributed by atoms with Crippen LogP contribution in [0.4, 0.5) is 5.69 Å². The Morgan fingerprint density at radius 2 is 1.45 bits per heavy atom. The molecule has 2 heterocycles. The molecule has 0 atom stereocenters. The van der Waals surface area contributed by atoms with Crippen molar-refractivity contribution in [1.29, 1.82) is 0 Å². The van der Waals surface area contributed by atoms with Crippen molar-refractivity contribution in [1.82, 2.24) is 10.2 Å². The van der Waals surface area contributed by atoms with Crippen LogP contribution in [0.1, 0.15) is 58.4 Å². The van der Waals surface area contributed by atoms with Crippen LogP contribution in [0.2, 0.25) is 0 Å². The highest BCUT2D eigenvalue weighted by Gasteiger charge is 2.36. The Balaban J connectivity index is 1.20. The minimum atomic E-state index is -0.403. The maximum atomic E-state index is 12.3. The summed E-state index contributed by atoms with van der Waals surface area (Å²) in [5.41, 5.74) is 3.26. The standard InChI is InChI=1S/C25H29N3O3/c29-23(18-28-24(30)21-9-3-4-10-22(21)25(28)31)26-15-7-8-19-11-13-20(14-12-19)27-16-5-1-2-6-17-27/h3-4,9-14H,1-2,5-8,15-18H2,(H,26,29). The fraction of sp³-hybridized carbons (Fsp3) is 0.400. The van der Waals surface area contributed by atoms with Crippen LogP contribution in [-0.2, 0) is 11.2 Å². The number of hydrogen-bond acceptors (Lipinski definition) is 4. The van der Waals surface area contributed by atoms with Crippen LogP contribution in [0.5, 0.6) is 0 Å². The van der Waals surface area contributed by atoms with Crippen molar-refractivity contribution >= 4 is 23.4 Å². The van der Waals surface area contributed by atoms with E-state index in [1.807, 2.05) is 0 Å². The Morgan fingerprint density at radius 1 is 0.839 bits per heavy atom. The Kier molecular flexibility index (Phi) is 6.65. The van der Waals surface area contributed by atoms with E-state index in [4.69, 9.17) is 0 Å². The van der Waals surface area contributed by atoms with Crippen molar-refractivity contribution in [2.24, 2.45) is 0 Å². The van der Waals surface area contributed by atoms with Crippen LogP contribution in [0.3, 0.4) is 0 Å². The van der Waals surface area contributed by atoms with Gasteiger partial charge in [0.05, 0.1) is 11.1 Å².